The fraction of sp³-hybridized carbons (Fsp3) is 0.200. The summed E-state index contributed by atoms with van der Waals surface area (Å²) in [6.45, 7) is -0.624. The lowest BCUT2D eigenvalue weighted by molar-refractivity contribution is -0.140. The van der Waals surface area contributed by atoms with Gasteiger partial charge in [0.15, 0.2) is 5.82 Å². The van der Waals surface area contributed by atoms with Crippen LogP contribution in [0.1, 0.15) is 5.56 Å². The largest absolute Gasteiger partial charge is 0.480 e. The van der Waals surface area contributed by atoms with E-state index in [4.69, 9.17) is 5.11 Å². The summed E-state index contributed by atoms with van der Waals surface area (Å²) in [5, 5.41) is 18.6. The van der Waals surface area contributed by atoms with Gasteiger partial charge in [-0.2, -0.15) is 13.2 Å². The van der Waals surface area contributed by atoms with E-state index in [-0.39, 0.29) is 11.4 Å². The van der Waals surface area contributed by atoms with Gasteiger partial charge in [-0.1, -0.05) is 0 Å². The summed E-state index contributed by atoms with van der Waals surface area (Å²) in [4.78, 5) is 10.6. The van der Waals surface area contributed by atoms with Crippen molar-refractivity contribution in [3.63, 3.8) is 0 Å². The second-order valence-corrected chi connectivity index (χ2v) is 3.75. The molecule has 1 aromatic carbocycles. The zero-order valence-corrected chi connectivity index (χ0v) is 9.60. The summed E-state index contributed by atoms with van der Waals surface area (Å²) >= 11 is 0. The van der Waals surface area contributed by atoms with E-state index < -0.39 is 30.1 Å². The summed E-state index contributed by atoms with van der Waals surface area (Å²) in [6, 6.07) is 2.19. The van der Waals surface area contributed by atoms with Crippen molar-refractivity contribution in [2.45, 2.75) is 12.7 Å². The molecule has 0 fully saturated rings. The minimum Gasteiger partial charge on any atom is -0.480 e. The van der Waals surface area contributed by atoms with Crippen LogP contribution in [0.15, 0.2) is 18.2 Å². The second-order valence-electron chi connectivity index (χ2n) is 3.75. The molecule has 0 aliphatic heterocycles. The molecule has 0 radical (unpaired) electrons. The molecule has 20 heavy (non-hydrogen) atoms. The highest BCUT2D eigenvalue weighted by Gasteiger charge is 2.34. The zero-order valence-electron chi connectivity index (χ0n) is 9.60. The van der Waals surface area contributed by atoms with Crippen LogP contribution in [0.2, 0.25) is 0 Å². The number of tetrazole rings is 1. The maximum atomic E-state index is 13.1. The Morgan fingerprint density at radius 1 is 1.35 bits per heavy atom. The minimum absolute atomic E-state index is 0.134. The van der Waals surface area contributed by atoms with Gasteiger partial charge in [0.25, 0.3) is 0 Å². The molecule has 2 aromatic rings. The topological polar surface area (TPSA) is 80.9 Å². The molecule has 0 aliphatic carbocycles. The third kappa shape index (κ3) is 2.73. The van der Waals surface area contributed by atoms with Gasteiger partial charge in [-0.05, 0) is 28.6 Å². The molecule has 10 heteroatoms. The molecular formula is C10H6F4N4O2. The average Bonchev–Trinajstić information content (AvgIpc) is 2.75. The lowest BCUT2D eigenvalue weighted by atomic mass is 10.1. The first kappa shape index (κ1) is 13.9. The predicted octanol–water partition coefficient (Wildman–Crippen LogP) is 1.58. The van der Waals surface area contributed by atoms with Crippen molar-refractivity contribution in [3.8, 4) is 11.4 Å². The highest BCUT2D eigenvalue weighted by molar-refractivity contribution is 5.67. The Kier molecular flexibility index (Phi) is 3.38. The molecule has 0 amide bonds. The highest BCUT2D eigenvalue weighted by atomic mass is 19.4. The summed E-state index contributed by atoms with van der Waals surface area (Å²) in [5.74, 6) is -2.90. The zero-order chi connectivity index (χ0) is 14.9. The van der Waals surface area contributed by atoms with Gasteiger partial charge in [-0.3, -0.25) is 4.79 Å². The number of halogens is 4. The number of hydrogen-bond donors (Lipinski definition) is 1. The van der Waals surface area contributed by atoms with Crippen LogP contribution in [-0.4, -0.2) is 31.3 Å². The maximum Gasteiger partial charge on any atom is 0.419 e. The SMILES string of the molecule is O=C(O)Cn1nnnc1-c1ccc(F)c(C(F)(F)F)c1. The Bertz CT molecular complexity index is 653. The van der Waals surface area contributed by atoms with Crippen LogP contribution < -0.4 is 0 Å². The summed E-state index contributed by atoms with van der Waals surface area (Å²) in [7, 11) is 0. The lowest BCUT2D eigenvalue weighted by Gasteiger charge is -2.09. The van der Waals surface area contributed by atoms with Gasteiger partial charge in [0.2, 0.25) is 0 Å². The van der Waals surface area contributed by atoms with E-state index >= 15 is 0 Å². The quantitative estimate of drug-likeness (QED) is 0.868. The number of benzene rings is 1. The third-order valence-electron chi connectivity index (χ3n) is 2.35. The molecular weight excluding hydrogens is 284 g/mol. The number of alkyl halides is 3. The number of aliphatic carboxylic acids is 1. The number of aromatic nitrogens is 4. The minimum atomic E-state index is -4.87. The van der Waals surface area contributed by atoms with Crippen molar-refractivity contribution in [1.29, 1.82) is 0 Å². The van der Waals surface area contributed by atoms with Gasteiger partial charge in [0.1, 0.15) is 12.4 Å². The van der Waals surface area contributed by atoms with E-state index in [1.165, 1.54) is 0 Å². The normalized spacial score (nSPS) is 11.6. The molecule has 6 nitrogen and oxygen atoms in total. The molecule has 106 valence electrons. The number of carboxylic acid groups (broad SMARTS) is 1. The van der Waals surface area contributed by atoms with Crippen LogP contribution in [0.5, 0.6) is 0 Å². The van der Waals surface area contributed by atoms with Gasteiger partial charge in [0, 0.05) is 5.56 Å². The number of hydrogen-bond acceptors (Lipinski definition) is 4. The maximum absolute atomic E-state index is 13.1. The van der Waals surface area contributed by atoms with Crippen molar-refractivity contribution in [2.24, 2.45) is 0 Å². The first-order valence-electron chi connectivity index (χ1n) is 5.14. The van der Waals surface area contributed by atoms with Gasteiger partial charge in [-0.15, -0.1) is 5.10 Å². The molecule has 0 atom stereocenters. The van der Waals surface area contributed by atoms with Crippen LogP contribution >= 0.6 is 0 Å². The average molecular weight is 290 g/mol. The molecule has 0 bridgehead atoms. The standard InChI is InChI=1S/C10H6F4N4O2/c11-7-2-1-5(3-6(7)10(12,13)14)9-15-16-17-18(9)4-8(19)20/h1-3H,4H2,(H,19,20). The van der Waals surface area contributed by atoms with Gasteiger partial charge in [0.05, 0.1) is 5.56 Å². The highest BCUT2D eigenvalue weighted by Crippen LogP contribution is 2.33. The Morgan fingerprint density at radius 3 is 2.65 bits per heavy atom. The van der Waals surface area contributed by atoms with Crippen molar-refractivity contribution in [1.82, 2.24) is 20.2 Å². The Balaban J connectivity index is 2.49. The molecule has 0 aliphatic rings. The molecule has 2 rings (SSSR count). The number of rotatable bonds is 3. The lowest BCUT2D eigenvalue weighted by Crippen LogP contribution is -2.12. The Labute approximate surface area is 108 Å². The fourth-order valence-corrected chi connectivity index (χ4v) is 1.53. The second kappa shape index (κ2) is 4.87. The van der Waals surface area contributed by atoms with Gasteiger partial charge < -0.3 is 5.11 Å². The molecule has 0 spiro atoms. The summed E-state index contributed by atoms with van der Waals surface area (Å²) in [5.41, 5.74) is -1.61. The van der Waals surface area contributed by atoms with Crippen molar-refractivity contribution in [2.75, 3.05) is 0 Å². The van der Waals surface area contributed by atoms with Crippen molar-refractivity contribution in [3.05, 3.63) is 29.6 Å². The number of carboxylic acids is 1. The van der Waals surface area contributed by atoms with E-state index in [0.717, 1.165) is 10.7 Å². The Morgan fingerprint density at radius 2 is 2.05 bits per heavy atom. The third-order valence-corrected chi connectivity index (χ3v) is 2.35. The van der Waals surface area contributed by atoms with Gasteiger partial charge in [-0.25, -0.2) is 9.07 Å². The number of carbonyl (C=O) groups is 1. The predicted molar refractivity (Wildman–Crippen MR) is 55.8 cm³/mol. The van der Waals surface area contributed by atoms with Gasteiger partial charge >= 0.3 is 12.1 Å². The molecule has 1 N–H and O–H groups in total. The molecule has 1 aromatic heterocycles. The van der Waals surface area contributed by atoms with Crippen LogP contribution in [0.3, 0.4) is 0 Å². The van der Waals surface area contributed by atoms with E-state index in [9.17, 15) is 22.4 Å². The Hall–Kier alpha value is -2.52. The smallest absolute Gasteiger partial charge is 0.419 e. The van der Waals surface area contributed by atoms with E-state index in [1.807, 2.05) is 0 Å². The van der Waals surface area contributed by atoms with Crippen LogP contribution in [0, 0.1) is 5.82 Å². The summed E-state index contributed by atoms with van der Waals surface area (Å²) < 4.78 is 51.7. The fourth-order valence-electron chi connectivity index (χ4n) is 1.53. The molecule has 0 unspecified atom stereocenters. The van der Waals surface area contributed by atoms with Crippen LogP contribution in [0.4, 0.5) is 17.6 Å². The first-order valence-corrected chi connectivity index (χ1v) is 5.14. The van der Waals surface area contributed by atoms with E-state index in [1.54, 1.807) is 0 Å². The number of nitrogens with zero attached hydrogens (tertiary/aromatic N) is 4. The molecule has 0 saturated carbocycles. The van der Waals surface area contributed by atoms with Crippen LogP contribution in [-0.2, 0) is 17.5 Å². The molecule has 0 saturated heterocycles. The first-order chi connectivity index (χ1) is 9.29. The van der Waals surface area contributed by atoms with Crippen molar-refractivity contribution >= 4 is 5.97 Å². The van der Waals surface area contributed by atoms with Crippen molar-refractivity contribution < 1.29 is 27.5 Å². The monoisotopic (exact) mass is 290 g/mol. The molecule has 1 heterocycles. The van der Waals surface area contributed by atoms with Crippen LogP contribution in [0.25, 0.3) is 11.4 Å². The summed E-state index contributed by atoms with van der Waals surface area (Å²) in [6.07, 6.45) is -4.87. The van der Waals surface area contributed by atoms with E-state index in [2.05, 4.69) is 15.5 Å². The van der Waals surface area contributed by atoms with E-state index in [0.29, 0.717) is 12.1 Å².